The minimum Gasteiger partial charge on any atom is -0.390 e. The van der Waals surface area contributed by atoms with E-state index in [-0.39, 0.29) is 5.82 Å². The maximum absolute atomic E-state index is 14.2. The van der Waals surface area contributed by atoms with Gasteiger partial charge in [0.05, 0.1) is 11.6 Å². The van der Waals surface area contributed by atoms with Gasteiger partial charge in [-0.25, -0.2) is 4.39 Å². The lowest BCUT2D eigenvalue weighted by atomic mass is 9.88. The summed E-state index contributed by atoms with van der Waals surface area (Å²) < 4.78 is 16.2. The molecule has 182 valence electrons. The van der Waals surface area contributed by atoms with Gasteiger partial charge in [-0.15, -0.1) is 0 Å². The number of hydrogen-bond acceptors (Lipinski definition) is 3. The van der Waals surface area contributed by atoms with Crippen LogP contribution in [0, 0.1) is 5.82 Å². The molecule has 1 aliphatic carbocycles. The predicted octanol–water partition coefficient (Wildman–Crippen LogP) is 5.33. The predicted molar refractivity (Wildman–Crippen MR) is 140 cm³/mol. The second-order valence-corrected chi connectivity index (χ2v) is 10.7. The standard InChI is InChI=1S/C30H34FN3O/c1-32(2)17-24(35)18-34-19-27(25-10-9-23(31)16-29(25)34)20-11-13-33(14-12-20)28-15-22-7-3-5-21-6-4-8-26(28)30(21)22/h3-10,16,19-20,24,28,35H,11-15,17-18H2,1-2H3/t24?,28-/m1/s1. The average molecular weight is 472 g/mol. The fourth-order valence-corrected chi connectivity index (χ4v) is 6.54. The molecule has 0 bridgehead atoms. The van der Waals surface area contributed by atoms with Gasteiger partial charge in [0.15, 0.2) is 0 Å². The van der Waals surface area contributed by atoms with Crippen LogP contribution in [-0.2, 0) is 13.0 Å². The molecule has 1 fully saturated rings. The largest absolute Gasteiger partial charge is 0.390 e. The molecule has 1 aliphatic heterocycles. The summed E-state index contributed by atoms with van der Waals surface area (Å²) in [5.74, 6) is 0.223. The van der Waals surface area contributed by atoms with Gasteiger partial charge in [-0.2, -0.15) is 0 Å². The molecule has 1 N–H and O–H groups in total. The van der Waals surface area contributed by atoms with Crippen LogP contribution in [0.3, 0.4) is 0 Å². The molecule has 4 nitrogen and oxygen atoms in total. The maximum Gasteiger partial charge on any atom is 0.125 e. The second kappa shape index (κ2) is 9.05. The molecule has 2 aliphatic rings. The van der Waals surface area contributed by atoms with Gasteiger partial charge in [-0.05, 0) is 98.0 Å². The molecular weight excluding hydrogens is 437 g/mol. The molecule has 35 heavy (non-hydrogen) atoms. The van der Waals surface area contributed by atoms with E-state index in [9.17, 15) is 9.50 Å². The van der Waals surface area contributed by atoms with E-state index in [1.54, 1.807) is 12.1 Å². The molecule has 1 aromatic heterocycles. The van der Waals surface area contributed by atoms with E-state index in [0.717, 1.165) is 43.3 Å². The fourth-order valence-electron chi connectivity index (χ4n) is 6.54. The molecule has 5 heteroatoms. The Balaban J connectivity index is 1.22. The van der Waals surface area contributed by atoms with Crippen molar-refractivity contribution in [2.24, 2.45) is 0 Å². The number of aliphatic hydroxyl groups is 1. The van der Waals surface area contributed by atoms with E-state index < -0.39 is 6.10 Å². The van der Waals surface area contributed by atoms with Gasteiger partial charge in [0, 0.05) is 30.7 Å². The van der Waals surface area contributed by atoms with Gasteiger partial charge in [-0.1, -0.05) is 36.4 Å². The first-order chi connectivity index (χ1) is 17.0. The van der Waals surface area contributed by atoms with Gasteiger partial charge < -0.3 is 14.6 Å². The third kappa shape index (κ3) is 4.16. The first-order valence-corrected chi connectivity index (χ1v) is 12.8. The van der Waals surface area contributed by atoms with Crippen LogP contribution in [0.4, 0.5) is 4.39 Å². The SMILES string of the molecule is CN(C)CC(O)Cn1cc(C2CCN([C@@H]3Cc4cccc5cccc3c45)CC2)c2ccc(F)cc21. The van der Waals surface area contributed by atoms with Crippen molar-refractivity contribution in [3.63, 3.8) is 0 Å². The molecule has 4 aromatic rings. The van der Waals surface area contributed by atoms with Crippen LogP contribution in [0.2, 0.25) is 0 Å². The van der Waals surface area contributed by atoms with Crippen LogP contribution in [0.5, 0.6) is 0 Å². The first kappa shape index (κ1) is 22.7. The van der Waals surface area contributed by atoms with Crippen LogP contribution in [0.25, 0.3) is 21.7 Å². The molecule has 3 aromatic carbocycles. The number of nitrogens with zero attached hydrogens (tertiary/aromatic N) is 3. The summed E-state index contributed by atoms with van der Waals surface area (Å²) in [5, 5.41) is 14.5. The third-order valence-electron chi connectivity index (χ3n) is 8.06. The van der Waals surface area contributed by atoms with E-state index in [2.05, 4.69) is 52.1 Å². The van der Waals surface area contributed by atoms with Crippen molar-refractivity contribution in [1.82, 2.24) is 14.4 Å². The Bertz CT molecular complexity index is 1360. The summed E-state index contributed by atoms with van der Waals surface area (Å²) >= 11 is 0. The van der Waals surface area contributed by atoms with E-state index in [4.69, 9.17) is 0 Å². The van der Waals surface area contributed by atoms with Crippen LogP contribution >= 0.6 is 0 Å². The topological polar surface area (TPSA) is 31.6 Å². The van der Waals surface area contributed by atoms with Crippen molar-refractivity contribution in [2.45, 2.75) is 43.9 Å². The highest BCUT2D eigenvalue weighted by molar-refractivity contribution is 5.91. The zero-order valence-electron chi connectivity index (χ0n) is 20.6. The van der Waals surface area contributed by atoms with Gasteiger partial charge in [-0.3, -0.25) is 4.90 Å². The van der Waals surface area contributed by atoms with Crippen LogP contribution in [-0.4, -0.2) is 59.3 Å². The molecular formula is C30H34FN3O. The Labute approximate surface area is 206 Å². The number of fused-ring (bicyclic) bond motifs is 1. The molecule has 0 amide bonds. The van der Waals surface area contributed by atoms with E-state index in [1.807, 2.05) is 25.1 Å². The number of aliphatic hydroxyl groups excluding tert-OH is 1. The van der Waals surface area contributed by atoms with Crippen molar-refractivity contribution < 1.29 is 9.50 Å². The zero-order valence-corrected chi connectivity index (χ0v) is 20.6. The average Bonchev–Trinajstić information content (AvgIpc) is 3.39. The smallest absolute Gasteiger partial charge is 0.125 e. The van der Waals surface area contributed by atoms with E-state index >= 15 is 0 Å². The van der Waals surface area contributed by atoms with E-state index in [1.165, 1.54) is 27.5 Å². The number of rotatable bonds is 6. The van der Waals surface area contributed by atoms with Crippen molar-refractivity contribution >= 4 is 21.7 Å². The number of hydrogen-bond donors (Lipinski definition) is 1. The number of halogens is 1. The molecule has 2 heterocycles. The van der Waals surface area contributed by atoms with Gasteiger partial charge >= 0.3 is 0 Å². The third-order valence-corrected chi connectivity index (χ3v) is 8.06. The Kier molecular flexibility index (Phi) is 5.87. The molecule has 0 spiro atoms. The van der Waals surface area contributed by atoms with Gasteiger partial charge in [0.2, 0.25) is 0 Å². The van der Waals surface area contributed by atoms with Gasteiger partial charge in [0.25, 0.3) is 0 Å². The summed E-state index contributed by atoms with van der Waals surface area (Å²) in [6.07, 6.45) is 4.98. The minimum atomic E-state index is -0.495. The summed E-state index contributed by atoms with van der Waals surface area (Å²) in [7, 11) is 3.92. The zero-order chi connectivity index (χ0) is 24.1. The lowest BCUT2D eigenvalue weighted by molar-refractivity contribution is 0.120. The Morgan fingerprint density at radius 3 is 2.57 bits per heavy atom. The summed E-state index contributed by atoms with van der Waals surface area (Å²) in [6.45, 7) is 3.19. The monoisotopic (exact) mass is 471 g/mol. The first-order valence-electron chi connectivity index (χ1n) is 12.8. The Morgan fingerprint density at radius 1 is 1.03 bits per heavy atom. The maximum atomic E-state index is 14.2. The Hall–Kier alpha value is -2.73. The fraction of sp³-hybridized carbons (Fsp3) is 0.400. The lowest BCUT2D eigenvalue weighted by Gasteiger charge is -2.36. The molecule has 1 saturated heterocycles. The molecule has 6 rings (SSSR count). The molecule has 0 saturated carbocycles. The van der Waals surface area contributed by atoms with Crippen molar-refractivity contribution in [3.8, 4) is 0 Å². The quantitative estimate of drug-likeness (QED) is 0.412. The number of likely N-dealkylation sites (N-methyl/N-ethyl adjacent to an activating group) is 1. The number of likely N-dealkylation sites (tertiary alicyclic amines) is 1. The summed E-state index contributed by atoms with van der Waals surface area (Å²) in [5.41, 5.74) is 5.15. The van der Waals surface area contributed by atoms with Crippen LogP contribution in [0.1, 0.15) is 41.5 Å². The minimum absolute atomic E-state index is 0.227. The normalized spacial score (nSPS) is 19.9. The number of piperidine rings is 1. The Morgan fingerprint density at radius 2 is 1.80 bits per heavy atom. The second-order valence-electron chi connectivity index (χ2n) is 10.7. The van der Waals surface area contributed by atoms with Crippen molar-refractivity contribution in [3.05, 3.63) is 83.3 Å². The van der Waals surface area contributed by atoms with Gasteiger partial charge in [0.1, 0.15) is 5.82 Å². The molecule has 2 atom stereocenters. The van der Waals surface area contributed by atoms with Crippen LogP contribution < -0.4 is 0 Å². The van der Waals surface area contributed by atoms with Crippen molar-refractivity contribution in [2.75, 3.05) is 33.7 Å². The van der Waals surface area contributed by atoms with Crippen LogP contribution in [0.15, 0.2) is 60.8 Å². The number of benzene rings is 3. The summed E-state index contributed by atoms with van der Waals surface area (Å²) in [4.78, 5) is 4.65. The highest BCUT2D eigenvalue weighted by Gasteiger charge is 2.33. The highest BCUT2D eigenvalue weighted by Crippen LogP contribution is 2.43. The lowest BCUT2D eigenvalue weighted by Crippen LogP contribution is -2.36. The number of aromatic nitrogens is 1. The highest BCUT2D eigenvalue weighted by atomic mass is 19.1. The van der Waals surface area contributed by atoms with Crippen molar-refractivity contribution in [1.29, 1.82) is 0 Å². The van der Waals surface area contributed by atoms with E-state index in [0.29, 0.717) is 25.0 Å². The molecule has 1 unspecified atom stereocenters. The summed E-state index contributed by atoms with van der Waals surface area (Å²) in [6, 6.07) is 19.0. The molecule has 0 radical (unpaired) electrons.